The molecule has 0 amide bonds. The minimum absolute atomic E-state index is 0.266. The Bertz CT molecular complexity index is 701. The lowest BCUT2D eigenvalue weighted by atomic mass is 10.0. The minimum Gasteiger partial charge on any atom is -0.465 e. The summed E-state index contributed by atoms with van der Waals surface area (Å²) in [6.45, 7) is 1.78. The second kappa shape index (κ2) is 6.47. The van der Waals surface area contributed by atoms with Gasteiger partial charge in [0, 0.05) is 24.9 Å². The molecular formula is C17H19NO4. The highest BCUT2D eigenvalue weighted by Crippen LogP contribution is 2.26. The Morgan fingerprint density at radius 2 is 1.55 bits per heavy atom. The van der Waals surface area contributed by atoms with Gasteiger partial charge >= 0.3 is 11.9 Å². The summed E-state index contributed by atoms with van der Waals surface area (Å²) in [7, 11) is 4.43. The zero-order valence-electron chi connectivity index (χ0n) is 13.2. The maximum atomic E-state index is 12.2. The average Bonchev–Trinajstić information content (AvgIpc) is 2.79. The Hall–Kier alpha value is -2.56. The molecular weight excluding hydrogens is 282 g/mol. The van der Waals surface area contributed by atoms with Crippen LogP contribution in [0.4, 0.5) is 0 Å². The fraction of sp³-hybridized carbons (Fsp3) is 0.294. The van der Waals surface area contributed by atoms with E-state index in [1.807, 2.05) is 41.9 Å². The van der Waals surface area contributed by atoms with Crippen molar-refractivity contribution in [1.82, 2.24) is 4.57 Å². The third-order valence-corrected chi connectivity index (χ3v) is 3.80. The number of methoxy groups -OCH3 is 2. The van der Waals surface area contributed by atoms with Crippen LogP contribution in [0.5, 0.6) is 0 Å². The molecule has 2 aromatic rings. The van der Waals surface area contributed by atoms with Gasteiger partial charge in [-0.25, -0.2) is 9.59 Å². The van der Waals surface area contributed by atoms with Crippen LogP contribution in [0.3, 0.4) is 0 Å². The van der Waals surface area contributed by atoms with Gasteiger partial charge in [0.25, 0.3) is 0 Å². The van der Waals surface area contributed by atoms with Crippen molar-refractivity contribution >= 4 is 11.9 Å². The molecule has 0 aliphatic carbocycles. The highest BCUT2D eigenvalue weighted by Gasteiger charge is 2.29. The number of esters is 2. The lowest BCUT2D eigenvalue weighted by Crippen LogP contribution is -2.12. The van der Waals surface area contributed by atoms with Crippen LogP contribution >= 0.6 is 0 Å². The lowest BCUT2D eigenvalue weighted by molar-refractivity contribution is 0.0555. The summed E-state index contributed by atoms with van der Waals surface area (Å²) in [5, 5.41) is 0. The third kappa shape index (κ3) is 2.74. The van der Waals surface area contributed by atoms with Crippen molar-refractivity contribution in [2.75, 3.05) is 14.2 Å². The predicted molar refractivity (Wildman–Crippen MR) is 82.1 cm³/mol. The van der Waals surface area contributed by atoms with Crippen molar-refractivity contribution in [3.05, 3.63) is 58.4 Å². The monoisotopic (exact) mass is 301 g/mol. The van der Waals surface area contributed by atoms with Crippen LogP contribution < -0.4 is 0 Å². The van der Waals surface area contributed by atoms with Gasteiger partial charge < -0.3 is 14.0 Å². The first-order chi connectivity index (χ1) is 10.5. The van der Waals surface area contributed by atoms with Crippen LogP contribution in [0.25, 0.3) is 0 Å². The van der Waals surface area contributed by atoms with Crippen LogP contribution in [0.1, 0.15) is 37.7 Å². The molecule has 0 fully saturated rings. The second-order valence-electron chi connectivity index (χ2n) is 4.99. The van der Waals surface area contributed by atoms with E-state index < -0.39 is 11.9 Å². The Morgan fingerprint density at radius 1 is 1.00 bits per heavy atom. The molecule has 2 rings (SSSR count). The summed E-state index contributed by atoms with van der Waals surface area (Å²) < 4.78 is 11.5. The van der Waals surface area contributed by atoms with Gasteiger partial charge in [-0.2, -0.15) is 0 Å². The molecule has 0 saturated heterocycles. The molecule has 5 nitrogen and oxygen atoms in total. The lowest BCUT2D eigenvalue weighted by Gasteiger charge is -2.08. The van der Waals surface area contributed by atoms with E-state index in [2.05, 4.69) is 0 Å². The van der Waals surface area contributed by atoms with Gasteiger partial charge in [0.2, 0.25) is 0 Å². The van der Waals surface area contributed by atoms with E-state index in [0.29, 0.717) is 12.1 Å². The topological polar surface area (TPSA) is 57.5 Å². The van der Waals surface area contributed by atoms with E-state index in [1.165, 1.54) is 14.2 Å². The van der Waals surface area contributed by atoms with E-state index in [1.54, 1.807) is 6.92 Å². The molecule has 0 spiro atoms. The summed E-state index contributed by atoms with van der Waals surface area (Å²) in [4.78, 5) is 24.2. The average molecular weight is 301 g/mol. The first kappa shape index (κ1) is 15.8. The van der Waals surface area contributed by atoms with Gasteiger partial charge in [-0.05, 0) is 12.5 Å². The molecule has 1 aromatic heterocycles. The van der Waals surface area contributed by atoms with E-state index in [0.717, 1.165) is 11.3 Å². The minimum atomic E-state index is -0.534. The number of hydrogen-bond acceptors (Lipinski definition) is 4. The van der Waals surface area contributed by atoms with Crippen molar-refractivity contribution in [1.29, 1.82) is 0 Å². The number of aromatic nitrogens is 1. The van der Waals surface area contributed by atoms with Crippen molar-refractivity contribution in [3.63, 3.8) is 0 Å². The molecule has 0 aliphatic rings. The molecule has 1 aromatic carbocycles. The number of carbonyl (C=O) groups is 2. The molecule has 5 heteroatoms. The molecule has 0 bridgehead atoms. The quantitative estimate of drug-likeness (QED) is 0.814. The number of carbonyl (C=O) groups excluding carboxylic acids is 2. The smallest absolute Gasteiger partial charge is 0.340 e. The Balaban J connectivity index is 2.62. The summed E-state index contributed by atoms with van der Waals surface area (Å²) in [5.41, 5.74) is 3.00. The van der Waals surface area contributed by atoms with Crippen molar-refractivity contribution in [2.24, 2.45) is 7.05 Å². The molecule has 0 N–H and O–H groups in total. The number of hydrogen-bond donors (Lipinski definition) is 0. The van der Waals surface area contributed by atoms with Crippen LogP contribution in [0, 0.1) is 6.92 Å². The van der Waals surface area contributed by atoms with Gasteiger partial charge in [-0.3, -0.25) is 0 Å². The summed E-state index contributed by atoms with van der Waals surface area (Å²) in [5.74, 6) is -1.07. The number of benzene rings is 1. The Kier molecular flexibility index (Phi) is 4.65. The summed E-state index contributed by atoms with van der Waals surface area (Å²) in [6.07, 6.45) is 0.527. The second-order valence-corrected chi connectivity index (χ2v) is 4.99. The highest BCUT2D eigenvalue weighted by molar-refractivity contribution is 6.05. The standard InChI is InChI=1S/C17H19NO4/c1-11-14(16(19)21-3)15(17(20)22-4)13(18(11)2)10-12-8-6-5-7-9-12/h5-9H,10H2,1-4H3. The van der Waals surface area contributed by atoms with Crippen LogP contribution in [-0.4, -0.2) is 30.7 Å². The van der Waals surface area contributed by atoms with E-state index in [4.69, 9.17) is 9.47 Å². The number of ether oxygens (including phenoxy) is 2. The Labute approximate surface area is 129 Å². The first-order valence-corrected chi connectivity index (χ1v) is 6.90. The molecule has 0 unspecified atom stereocenters. The highest BCUT2D eigenvalue weighted by atomic mass is 16.5. The fourth-order valence-corrected chi connectivity index (χ4v) is 2.53. The maximum Gasteiger partial charge on any atom is 0.340 e. The van der Waals surface area contributed by atoms with E-state index in [9.17, 15) is 9.59 Å². The van der Waals surface area contributed by atoms with Crippen LogP contribution in [0.15, 0.2) is 30.3 Å². The van der Waals surface area contributed by atoms with E-state index >= 15 is 0 Å². The van der Waals surface area contributed by atoms with Gasteiger partial charge in [0.05, 0.1) is 25.3 Å². The van der Waals surface area contributed by atoms with Crippen molar-refractivity contribution in [2.45, 2.75) is 13.3 Å². The third-order valence-electron chi connectivity index (χ3n) is 3.80. The summed E-state index contributed by atoms with van der Waals surface area (Å²) in [6, 6.07) is 9.75. The molecule has 0 atom stereocenters. The largest absolute Gasteiger partial charge is 0.465 e. The molecule has 0 radical (unpaired) electrons. The van der Waals surface area contributed by atoms with Gasteiger partial charge in [0.15, 0.2) is 0 Å². The zero-order chi connectivity index (χ0) is 16.3. The molecule has 1 heterocycles. The maximum absolute atomic E-state index is 12.2. The normalized spacial score (nSPS) is 10.4. The molecule has 22 heavy (non-hydrogen) atoms. The van der Waals surface area contributed by atoms with Crippen LogP contribution in [-0.2, 0) is 22.9 Å². The van der Waals surface area contributed by atoms with Crippen molar-refractivity contribution in [3.8, 4) is 0 Å². The number of rotatable bonds is 4. The van der Waals surface area contributed by atoms with Gasteiger partial charge in [-0.15, -0.1) is 0 Å². The molecule has 116 valence electrons. The molecule has 0 aliphatic heterocycles. The van der Waals surface area contributed by atoms with Gasteiger partial charge in [0.1, 0.15) is 0 Å². The predicted octanol–water partition coefficient (Wildman–Crippen LogP) is 2.50. The summed E-state index contributed by atoms with van der Waals surface area (Å²) >= 11 is 0. The molecule has 0 saturated carbocycles. The Morgan fingerprint density at radius 3 is 2.09 bits per heavy atom. The van der Waals surface area contributed by atoms with E-state index in [-0.39, 0.29) is 11.1 Å². The van der Waals surface area contributed by atoms with Crippen molar-refractivity contribution < 1.29 is 19.1 Å². The zero-order valence-corrected chi connectivity index (χ0v) is 13.2. The fourth-order valence-electron chi connectivity index (χ4n) is 2.53. The van der Waals surface area contributed by atoms with Gasteiger partial charge in [-0.1, -0.05) is 30.3 Å². The SMILES string of the molecule is COC(=O)c1c(C(=O)OC)c(Cc2ccccc2)n(C)c1C. The first-order valence-electron chi connectivity index (χ1n) is 6.90. The number of nitrogens with zero attached hydrogens (tertiary/aromatic N) is 1. The van der Waals surface area contributed by atoms with Crippen LogP contribution in [0.2, 0.25) is 0 Å².